The zero-order valence-electron chi connectivity index (χ0n) is 8.43. The first-order valence-electron chi connectivity index (χ1n) is 5.21. The molecule has 1 saturated heterocycles. The van der Waals surface area contributed by atoms with E-state index in [-0.39, 0.29) is 11.0 Å². The van der Waals surface area contributed by atoms with Gasteiger partial charge in [0.1, 0.15) is 6.04 Å². The molecular weight excluding hydrogens is 192 g/mol. The molecule has 1 aromatic carbocycles. The summed E-state index contributed by atoms with van der Waals surface area (Å²) in [4.78, 5) is 10.7. The Bertz CT molecular complexity index is 340. The Labute approximate surface area is 88.5 Å². The van der Waals surface area contributed by atoms with Crippen LogP contribution in [0.4, 0.5) is 0 Å². The number of benzene rings is 1. The molecule has 2 atom stereocenters. The van der Waals surface area contributed by atoms with Crippen molar-refractivity contribution >= 4 is 0 Å². The molecule has 0 saturated carbocycles. The number of nitro groups is 1. The molecule has 2 unspecified atom stereocenters. The second-order valence-corrected chi connectivity index (χ2v) is 3.84. The third-order valence-electron chi connectivity index (χ3n) is 2.86. The monoisotopic (exact) mass is 206 g/mol. The van der Waals surface area contributed by atoms with Gasteiger partial charge in [-0.15, -0.1) is 0 Å². The summed E-state index contributed by atoms with van der Waals surface area (Å²) in [5.41, 5.74) is 1.01. The Hall–Kier alpha value is -1.42. The maximum atomic E-state index is 10.9. The number of hydrogen-bond donors (Lipinski definition) is 1. The van der Waals surface area contributed by atoms with Crippen molar-refractivity contribution in [1.82, 2.24) is 5.32 Å². The molecule has 2 rings (SSSR count). The highest BCUT2D eigenvalue weighted by Crippen LogP contribution is 2.25. The summed E-state index contributed by atoms with van der Waals surface area (Å²) in [5.74, 6) is 0. The molecule has 80 valence electrons. The topological polar surface area (TPSA) is 55.2 Å². The number of hydrogen-bond acceptors (Lipinski definition) is 3. The van der Waals surface area contributed by atoms with Crippen molar-refractivity contribution < 1.29 is 4.92 Å². The lowest BCUT2D eigenvalue weighted by molar-refractivity contribution is -0.531. The molecule has 0 spiro atoms. The summed E-state index contributed by atoms with van der Waals surface area (Å²) >= 11 is 0. The van der Waals surface area contributed by atoms with Crippen molar-refractivity contribution in [3.05, 3.63) is 46.0 Å². The number of piperidine rings is 1. The maximum Gasteiger partial charge on any atom is 0.232 e. The zero-order valence-corrected chi connectivity index (χ0v) is 8.43. The summed E-state index contributed by atoms with van der Waals surface area (Å²) in [5, 5.41) is 14.1. The normalized spacial score (nSPS) is 26.1. The summed E-state index contributed by atoms with van der Waals surface area (Å²) in [7, 11) is 0. The fraction of sp³-hybridized carbons (Fsp3) is 0.455. The average molecular weight is 206 g/mol. The zero-order chi connectivity index (χ0) is 10.7. The largest absolute Gasteiger partial charge is 0.304 e. The SMILES string of the molecule is O=[N+]([O-])C1CCCNC1c1ccccc1. The second-order valence-electron chi connectivity index (χ2n) is 3.84. The van der Waals surface area contributed by atoms with E-state index in [1.807, 2.05) is 30.3 Å². The van der Waals surface area contributed by atoms with Gasteiger partial charge in [-0.3, -0.25) is 10.1 Å². The van der Waals surface area contributed by atoms with Gasteiger partial charge < -0.3 is 5.32 Å². The Morgan fingerprint density at radius 3 is 2.73 bits per heavy atom. The van der Waals surface area contributed by atoms with Gasteiger partial charge in [0, 0.05) is 11.3 Å². The van der Waals surface area contributed by atoms with Crippen molar-refractivity contribution in [3.8, 4) is 0 Å². The van der Waals surface area contributed by atoms with E-state index in [1.165, 1.54) is 0 Å². The Morgan fingerprint density at radius 2 is 2.07 bits per heavy atom. The predicted octanol–water partition coefficient (Wildman–Crippen LogP) is 1.76. The Balaban J connectivity index is 2.22. The first kappa shape index (κ1) is 10.1. The van der Waals surface area contributed by atoms with Crippen molar-refractivity contribution in [2.24, 2.45) is 0 Å². The van der Waals surface area contributed by atoms with Crippen LogP contribution in [-0.4, -0.2) is 17.5 Å². The summed E-state index contributed by atoms with van der Waals surface area (Å²) in [6.45, 7) is 0.865. The maximum absolute atomic E-state index is 10.9. The highest BCUT2D eigenvalue weighted by Gasteiger charge is 2.34. The molecule has 0 bridgehead atoms. The van der Waals surface area contributed by atoms with Crippen LogP contribution in [0, 0.1) is 10.1 Å². The average Bonchev–Trinajstić information content (AvgIpc) is 2.30. The smallest absolute Gasteiger partial charge is 0.232 e. The predicted molar refractivity (Wildman–Crippen MR) is 57.2 cm³/mol. The molecule has 1 heterocycles. The number of rotatable bonds is 2. The van der Waals surface area contributed by atoms with Crippen molar-refractivity contribution in [2.45, 2.75) is 24.9 Å². The Morgan fingerprint density at radius 1 is 1.33 bits per heavy atom. The summed E-state index contributed by atoms with van der Waals surface area (Å²) in [6, 6.07) is 9.04. The quantitative estimate of drug-likeness (QED) is 0.592. The van der Waals surface area contributed by atoms with E-state index in [4.69, 9.17) is 0 Å². The molecule has 0 amide bonds. The van der Waals surface area contributed by atoms with E-state index < -0.39 is 6.04 Å². The molecule has 0 radical (unpaired) electrons. The van der Waals surface area contributed by atoms with Crippen LogP contribution in [0.2, 0.25) is 0 Å². The van der Waals surface area contributed by atoms with Crippen LogP contribution in [0.5, 0.6) is 0 Å². The molecular formula is C11H14N2O2. The van der Waals surface area contributed by atoms with Gasteiger partial charge in [0.05, 0.1) is 0 Å². The van der Waals surface area contributed by atoms with Crippen LogP contribution in [-0.2, 0) is 0 Å². The fourth-order valence-electron chi connectivity index (χ4n) is 2.10. The molecule has 4 heteroatoms. The van der Waals surface area contributed by atoms with Gasteiger partial charge in [0.25, 0.3) is 0 Å². The molecule has 1 N–H and O–H groups in total. The minimum atomic E-state index is -0.485. The van der Waals surface area contributed by atoms with Gasteiger partial charge >= 0.3 is 0 Å². The van der Waals surface area contributed by atoms with Crippen molar-refractivity contribution in [3.63, 3.8) is 0 Å². The highest BCUT2D eigenvalue weighted by atomic mass is 16.6. The number of nitrogens with zero attached hydrogens (tertiary/aromatic N) is 1. The van der Waals surface area contributed by atoms with Crippen LogP contribution in [0.1, 0.15) is 24.4 Å². The van der Waals surface area contributed by atoms with E-state index in [1.54, 1.807) is 0 Å². The fourth-order valence-corrected chi connectivity index (χ4v) is 2.10. The van der Waals surface area contributed by atoms with Gasteiger partial charge in [0.2, 0.25) is 6.04 Å². The Kier molecular flexibility index (Phi) is 2.97. The molecule has 1 aliphatic rings. The van der Waals surface area contributed by atoms with Crippen LogP contribution in [0.25, 0.3) is 0 Å². The molecule has 4 nitrogen and oxygen atoms in total. The minimum absolute atomic E-state index is 0.130. The van der Waals surface area contributed by atoms with E-state index in [0.29, 0.717) is 6.42 Å². The van der Waals surface area contributed by atoms with Crippen molar-refractivity contribution in [1.29, 1.82) is 0 Å². The van der Waals surface area contributed by atoms with Gasteiger partial charge in [-0.2, -0.15) is 0 Å². The minimum Gasteiger partial charge on any atom is -0.304 e. The third-order valence-corrected chi connectivity index (χ3v) is 2.86. The molecule has 1 aromatic rings. The molecule has 0 aliphatic carbocycles. The second kappa shape index (κ2) is 4.40. The molecule has 0 aromatic heterocycles. The van der Waals surface area contributed by atoms with Gasteiger partial charge in [-0.25, -0.2) is 0 Å². The van der Waals surface area contributed by atoms with Crippen LogP contribution >= 0.6 is 0 Å². The van der Waals surface area contributed by atoms with Gasteiger partial charge in [0.15, 0.2) is 0 Å². The van der Waals surface area contributed by atoms with Crippen LogP contribution < -0.4 is 5.32 Å². The molecule has 1 fully saturated rings. The third kappa shape index (κ3) is 2.15. The van der Waals surface area contributed by atoms with E-state index in [9.17, 15) is 10.1 Å². The lowest BCUT2D eigenvalue weighted by atomic mass is 9.93. The first-order chi connectivity index (χ1) is 7.29. The van der Waals surface area contributed by atoms with E-state index >= 15 is 0 Å². The van der Waals surface area contributed by atoms with Crippen LogP contribution in [0.15, 0.2) is 30.3 Å². The summed E-state index contributed by atoms with van der Waals surface area (Å²) in [6.07, 6.45) is 1.55. The highest BCUT2D eigenvalue weighted by molar-refractivity contribution is 5.20. The lowest BCUT2D eigenvalue weighted by Crippen LogP contribution is -2.41. The molecule has 15 heavy (non-hydrogen) atoms. The van der Waals surface area contributed by atoms with Gasteiger partial charge in [-0.05, 0) is 18.5 Å². The first-order valence-corrected chi connectivity index (χ1v) is 5.21. The van der Waals surface area contributed by atoms with E-state index in [0.717, 1.165) is 18.5 Å². The van der Waals surface area contributed by atoms with E-state index in [2.05, 4.69) is 5.32 Å². The summed E-state index contributed by atoms with van der Waals surface area (Å²) < 4.78 is 0. The lowest BCUT2D eigenvalue weighted by Gasteiger charge is -2.26. The standard InChI is InChI=1S/C11H14N2O2/c14-13(15)10-7-4-8-12-11(10)9-5-2-1-3-6-9/h1-3,5-6,10-12H,4,7-8H2. The van der Waals surface area contributed by atoms with Crippen molar-refractivity contribution in [2.75, 3.05) is 6.54 Å². The number of nitrogens with one attached hydrogen (secondary N) is 1. The van der Waals surface area contributed by atoms with Crippen LogP contribution in [0.3, 0.4) is 0 Å². The molecule has 1 aliphatic heterocycles. The van der Waals surface area contributed by atoms with Gasteiger partial charge in [-0.1, -0.05) is 30.3 Å².